The number of nitrogens with zero attached hydrogens (tertiary/aromatic N) is 2. The second-order valence-electron chi connectivity index (χ2n) is 4.87. The molecule has 0 saturated heterocycles. The number of aryl methyl sites for hydroxylation is 2. The van der Waals surface area contributed by atoms with Gasteiger partial charge in [0.1, 0.15) is 11.6 Å². The average molecular weight is 289 g/mol. The van der Waals surface area contributed by atoms with Gasteiger partial charge >= 0.3 is 0 Å². The lowest BCUT2D eigenvalue weighted by Crippen LogP contribution is -2.01. The van der Waals surface area contributed by atoms with Gasteiger partial charge in [-0.3, -0.25) is 4.57 Å². The molecule has 2 nitrogen and oxygen atoms in total. The quantitative estimate of drug-likeness (QED) is 0.634. The van der Waals surface area contributed by atoms with Crippen molar-refractivity contribution in [3.05, 3.63) is 59.2 Å². The molecule has 0 radical (unpaired) electrons. The Morgan fingerprint density at radius 2 is 1.95 bits per heavy atom. The minimum Gasteiger partial charge on any atom is -0.295 e. The Balaban J connectivity index is 2.36. The van der Waals surface area contributed by atoms with E-state index in [-0.39, 0.29) is 11.7 Å². The van der Waals surface area contributed by atoms with E-state index in [1.807, 2.05) is 35.8 Å². The number of alkyl halides is 1. The number of rotatable bonds is 2. The molecule has 102 valence electrons. The van der Waals surface area contributed by atoms with Gasteiger partial charge in [-0.15, -0.1) is 11.6 Å². The molecule has 0 N–H and O–H groups in total. The third-order valence-electron chi connectivity index (χ3n) is 3.48. The fourth-order valence-electron chi connectivity index (χ4n) is 2.43. The van der Waals surface area contributed by atoms with Crippen LogP contribution in [-0.2, 0) is 5.88 Å². The van der Waals surface area contributed by atoms with Crippen LogP contribution in [0.25, 0.3) is 16.7 Å². The minimum absolute atomic E-state index is 0.224. The van der Waals surface area contributed by atoms with Crippen LogP contribution in [0, 0.1) is 19.7 Å². The fraction of sp³-hybridized carbons (Fsp3) is 0.188. The van der Waals surface area contributed by atoms with Gasteiger partial charge < -0.3 is 0 Å². The molecule has 1 aromatic heterocycles. The van der Waals surface area contributed by atoms with Gasteiger partial charge in [0.25, 0.3) is 0 Å². The average Bonchev–Trinajstić information content (AvgIpc) is 2.82. The Morgan fingerprint density at radius 1 is 1.15 bits per heavy atom. The first kappa shape index (κ1) is 13.1. The largest absolute Gasteiger partial charge is 0.295 e. The van der Waals surface area contributed by atoms with Crippen molar-refractivity contribution in [2.75, 3.05) is 0 Å². The number of para-hydroxylation sites is 1. The maximum absolute atomic E-state index is 13.8. The highest BCUT2D eigenvalue weighted by atomic mass is 35.5. The van der Waals surface area contributed by atoms with Crippen molar-refractivity contribution in [1.82, 2.24) is 9.55 Å². The van der Waals surface area contributed by atoms with Crippen LogP contribution in [0.1, 0.15) is 17.0 Å². The molecule has 4 heteroatoms. The zero-order valence-electron chi connectivity index (χ0n) is 11.3. The Hall–Kier alpha value is -1.87. The molecule has 0 bridgehead atoms. The molecule has 0 saturated carbocycles. The van der Waals surface area contributed by atoms with Crippen LogP contribution in [0.5, 0.6) is 0 Å². The standard InChI is InChI=1S/C16H14ClFN2/c1-10-6-7-12(8-13(10)18)20-15(9-17)19-14-5-3-4-11(2)16(14)20/h3-8H,9H2,1-2H3. The third kappa shape index (κ3) is 1.98. The summed E-state index contributed by atoms with van der Waals surface area (Å²) in [5.74, 6) is 0.779. The first-order chi connectivity index (χ1) is 9.61. The normalized spacial score (nSPS) is 11.2. The van der Waals surface area contributed by atoms with Gasteiger partial charge in [-0.2, -0.15) is 0 Å². The summed E-state index contributed by atoms with van der Waals surface area (Å²) in [6.07, 6.45) is 0. The molecule has 0 aliphatic carbocycles. The molecule has 0 amide bonds. The molecule has 1 heterocycles. The van der Waals surface area contributed by atoms with Crippen molar-refractivity contribution in [2.24, 2.45) is 0 Å². The molecule has 20 heavy (non-hydrogen) atoms. The van der Waals surface area contributed by atoms with Gasteiger partial charge in [-0.1, -0.05) is 18.2 Å². The minimum atomic E-state index is -0.224. The van der Waals surface area contributed by atoms with E-state index >= 15 is 0 Å². The van der Waals surface area contributed by atoms with Gasteiger partial charge in [0.15, 0.2) is 0 Å². The summed E-state index contributed by atoms with van der Waals surface area (Å²) in [6, 6.07) is 11.1. The number of hydrogen-bond donors (Lipinski definition) is 0. The number of benzene rings is 2. The summed E-state index contributed by atoms with van der Waals surface area (Å²) in [5.41, 5.74) is 4.32. The summed E-state index contributed by atoms with van der Waals surface area (Å²) >= 11 is 6.00. The van der Waals surface area contributed by atoms with Crippen molar-refractivity contribution in [3.8, 4) is 5.69 Å². The van der Waals surface area contributed by atoms with Crippen LogP contribution in [0.3, 0.4) is 0 Å². The SMILES string of the molecule is Cc1ccc(-n2c(CCl)nc3cccc(C)c32)cc1F. The van der Waals surface area contributed by atoms with Gasteiger partial charge in [-0.05, 0) is 43.2 Å². The van der Waals surface area contributed by atoms with Crippen LogP contribution in [0.4, 0.5) is 4.39 Å². The maximum Gasteiger partial charge on any atom is 0.129 e. The zero-order valence-corrected chi connectivity index (χ0v) is 12.1. The van der Waals surface area contributed by atoms with E-state index in [1.165, 1.54) is 6.07 Å². The first-order valence-corrected chi connectivity index (χ1v) is 6.94. The number of imidazole rings is 1. The molecule has 0 spiro atoms. The predicted octanol–water partition coefficient (Wildman–Crippen LogP) is 4.52. The van der Waals surface area contributed by atoms with Crippen LogP contribution in [0.2, 0.25) is 0 Å². The van der Waals surface area contributed by atoms with E-state index in [2.05, 4.69) is 4.98 Å². The molecule has 0 atom stereocenters. The first-order valence-electron chi connectivity index (χ1n) is 6.41. The summed E-state index contributed by atoms with van der Waals surface area (Å²) in [5, 5.41) is 0. The van der Waals surface area contributed by atoms with Gasteiger partial charge in [0, 0.05) is 0 Å². The molecule has 3 aromatic rings. The van der Waals surface area contributed by atoms with Crippen molar-refractivity contribution >= 4 is 22.6 Å². The Morgan fingerprint density at radius 3 is 2.65 bits per heavy atom. The lowest BCUT2D eigenvalue weighted by molar-refractivity contribution is 0.617. The summed E-state index contributed by atoms with van der Waals surface area (Å²) in [6.45, 7) is 3.77. The molecular formula is C16H14ClFN2. The summed E-state index contributed by atoms with van der Waals surface area (Å²) in [4.78, 5) is 4.53. The smallest absolute Gasteiger partial charge is 0.129 e. The van der Waals surface area contributed by atoms with Crippen LogP contribution < -0.4 is 0 Å². The second kappa shape index (κ2) is 4.91. The molecular weight excluding hydrogens is 275 g/mol. The molecule has 0 fully saturated rings. The highest BCUT2D eigenvalue weighted by Gasteiger charge is 2.14. The monoisotopic (exact) mass is 288 g/mol. The number of halogens is 2. The maximum atomic E-state index is 13.8. The topological polar surface area (TPSA) is 17.8 Å². The van der Waals surface area contributed by atoms with E-state index < -0.39 is 0 Å². The van der Waals surface area contributed by atoms with E-state index in [4.69, 9.17) is 11.6 Å². The second-order valence-corrected chi connectivity index (χ2v) is 5.14. The predicted molar refractivity (Wildman–Crippen MR) is 80.1 cm³/mol. The van der Waals surface area contributed by atoms with Gasteiger partial charge in [-0.25, -0.2) is 9.37 Å². The third-order valence-corrected chi connectivity index (χ3v) is 3.72. The molecule has 0 aliphatic heterocycles. The Labute approximate surface area is 121 Å². The van der Waals surface area contributed by atoms with E-state index in [0.29, 0.717) is 5.56 Å². The lowest BCUT2D eigenvalue weighted by Gasteiger charge is -2.10. The molecule has 2 aromatic carbocycles. The van der Waals surface area contributed by atoms with Crippen LogP contribution in [0.15, 0.2) is 36.4 Å². The van der Waals surface area contributed by atoms with Crippen molar-refractivity contribution in [3.63, 3.8) is 0 Å². The van der Waals surface area contributed by atoms with Crippen molar-refractivity contribution in [1.29, 1.82) is 0 Å². The summed E-state index contributed by atoms with van der Waals surface area (Å²) < 4.78 is 15.8. The Bertz CT molecular complexity index is 793. The molecule has 0 aliphatic rings. The fourth-order valence-corrected chi connectivity index (χ4v) is 2.61. The van der Waals surface area contributed by atoms with Crippen LogP contribution >= 0.6 is 11.6 Å². The van der Waals surface area contributed by atoms with E-state index in [0.717, 1.165) is 28.1 Å². The van der Waals surface area contributed by atoms with E-state index in [1.54, 1.807) is 13.0 Å². The zero-order chi connectivity index (χ0) is 14.3. The van der Waals surface area contributed by atoms with Crippen molar-refractivity contribution < 1.29 is 4.39 Å². The highest BCUT2D eigenvalue weighted by Crippen LogP contribution is 2.26. The van der Waals surface area contributed by atoms with Crippen molar-refractivity contribution in [2.45, 2.75) is 19.7 Å². The number of fused-ring (bicyclic) bond motifs is 1. The lowest BCUT2D eigenvalue weighted by atomic mass is 10.2. The molecule has 3 rings (SSSR count). The van der Waals surface area contributed by atoms with E-state index in [9.17, 15) is 4.39 Å². The Kier molecular flexibility index (Phi) is 3.22. The number of hydrogen-bond acceptors (Lipinski definition) is 1. The highest BCUT2D eigenvalue weighted by molar-refractivity contribution is 6.17. The number of aromatic nitrogens is 2. The molecule has 0 unspecified atom stereocenters. The van der Waals surface area contributed by atoms with Gasteiger partial charge in [0.2, 0.25) is 0 Å². The van der Waals surface area contributed by atoms with Crippen LogP contribution in [-0.4, -0.2) is 9.55 Å². The summed E-state index contributed by atoms with van der Waals surface area (Å²) in [7, 11) is 0. The van der Waals surface area contributed by atoms with Gasteiger partial charge in [0.05, 0.1) is 22.6 Å².